The Kier molecular flexibility index (Phi) is 36.5. The van der Waals surface area contributed by atoms with Crippen molar-refractivity contribution in [2.24, 2.45) is 0 Å². The van der Waals surface area contributed by atoms with Crippen molar-refractivity contribution in [2.75, 3.05) is 13.2 Å². The summed E-state index contributed by atoms with van der Waals surface area (Å²) in [5.41, 5.74) is 0. The fraction of sp³-hybridized carbons (Fsp3) is 0.854. The van der Waals surface area contributed by atoms with Crippen LogP contribution in [0.3, 0.4) is 0 Å². The van der Waals surface area contributed by atoms with E-state index in [0.717, 1.165) is 44.9 Å². The van der Waals surface area contributed by atoms with Crippen molar-refractivity contribution < 1.29 is 24.2 Å². The van der Waals surface area contributed by atoms with Gasteiger partial charge in [-0.05, 0) is 44.9 Å². The van der Waals surface area contributed by atoms with Crippen molar-refractivity contribution in [1.82, 2.24) is 0 Å². The van der Waals surface area contributed by atoms with Gasteiger partial charge in [0.1, 0.15) is 6.61 Å². The number of hydrogen-bond donors (Lipinski definition) is 1. The first-order chi connectivity index (χ1) is 22.6. The monoisotopic (exact) mass is 649 g/mol. The molecule has 0 aromatic rings. The van der Waals surface area contributed by atoms with Gasteiger partial charge in [0.05, 0.1) is 6.61 Å². The van der Waals surface area contributed by atoms with Crippen LogP contribution < -0.4 is 0 Å². The highest BCUT2D eigenvalue weighted by atomic mass is 16.6. The van der Waals surface area contributed by atoms with Gasteiger partial charge >= 0.3 is 11.9 Å². The number of aliphatic hydroxyl groups is 1. The molecule has 1 N–H and O–H groups in total. The molecule has 46 heavy (non-hydrogen) atoms. The van der Waals surface area contributed by atoms with Gasteiger partial charge in [-0.1, -0.05) is 173 Å². The zero-order valence-electron chi connectivity index (χ0n) is 30.6. The summed E-state index contributed by atoms with van der Waals surface area (Å²) >= 11 is 0. The van der Waals surface area contributed by atoms with Crippen LogP contribution in [0.25, 0.3) is 0 Å². The number of unbranched alkanes of at least 4 members (excludes halogenated alkanes) is 24. The molecule has 0 saturated carbocycles. The first-order valence-corrected chi connectivity index (χ1v) is 19.9. The summed E-state index contributed by atoms with van der Waals surface area (Å²) in [6, 6.07) is 0. The van der Waals surface area contributed by atoms with Crippen LogP contribution >= 0.6 is 0 Å². The van der Waals surface area contributed by atoms with Gasteiger partial charge in [-0.15, -0.1) is 0 Å². The average Bonchev–Trinajstić information content (AvgIpc) is 3.06. The van der Waals surface area contributed by atoms with Crippen LogP contribution in [0.4, 0.5) is 0 Å². The molecular formula is C41H76O5. The van der Waals surface area contributed by atoms with Crippen molar-refractivity contribution in [3.05, 3.63) is 24.3 Å². The molecule has 0 saturated heterocycles. The van der Waals surface area contributed by atoms with E-state index in [1.807, 2.05) is 0 Å². The third kappa shape index (κ3) is 35.2. The summed E-state index contributed by atoms with van der Waals surface area (Å²) < 4.78 is 10.6. The molecule has 0 aromatic heterocycles. The summed E-state index contributed by atoms with van der Waals surface area (Å²) in [4.78, 5) is 24.2. The summed E-state index contributed by atoms with van der Waals surface area (Å²) in [6.45, 7) is 4.12. The largest absolute Gasteiger partial charge is 0.462 e. The molecule has 270 valence electrons. The van der Waals surface area contributed by atoms with Crippen LogP contribution in [0.2, 0.25) is 0 Å². The number of ether oxygens (including phenoxy) is 2. The van der Waals surface area contributed by atoms with Gasteiger partial charge in [-0.2, -0.15) is 0 Å². The lowest BCUT2D eigenvalue weighted by molar-refractivity contribution is -0.161. The fourth-order valence-corrected chi connectivity index (χ4v) is 5.70. The fourth-order valence-electron chi connectivity index (χ4n) is 5.70. The van der Waals surface area contributed by atoms with Gasteiger partial charge in [0.15, 0.2) is 6.10 Å². The van der Waals surface area contributed by atoms with E-state index in [1.165, 1.54) is 135 Å². The van der Waals surface area contributed by atoms with Crippen LogP contribution in [0.1, 0.15) is 206 Å². The van der Waals surface area contributed by atoms with Crippen LogP contribution in [-0.4, -0.2) is 36.4 Å². The second kappa shape index (κ2) is 37.8. The molecule has 0 spiro atoms. The van der Waals surface area contributed by atoms with Gasteiger partial charge in [-0.25, -0.2) is 0 Å². The highest BCUT2D eigenvalue weighted by Gasteiger charge is 2.16. The van der Waals surface area contributed by atoms with E-state index in [4.69, 9.17) is 9.47 Å². The Morgan fingerprint density at radius 1 is 0.500 bits per heavy atom. The summed E-state index contributed by atoms with van der Waals surface area (Å²) in [5, 5.41) is 9.55. The molecule has 0 unspecified atom stereocenters. The van der Waals surface area contributed by atoms with Crippen LogP contribution in [0, 0.1) is 0 Å². The van der Waals surface area contributed by atoms with Crippen molar-refractivity contribution >= 4 is 11.9 Å². The minimum atomic E-state index is -0.769. The molecule has 0 aliphatic heterocycles. The van der Waals surface area contributed by atoms with Crippen LogP contribution in [0.5, 0.6) is 0 Å². The zero-order valence-corrected chi connectivity index (χ0v) is 30.6. The quantitative estimate of drug-likeness (QED) is 0.0416. The minimum absolute atomic E-state index is 0.0659. The molecule has 0 bridgehead atoms. The molecule has 5 nitrogen and oxygen atoms in total. The number of carbonyl (C=O) groups is 2. The van der Waals surface area contributed by atoms with Crippen LogP contribution in [0.15, 0.2) is 24.3 Å². The maximum absolute atomic E-state index is 12.2. The molecule has 0 fully saturated rings. The predicted molar refractivity (Wildman–Crippen MR) is 196 cm³/mol. The van der Waals surface area contributed by atoms with E-state index in [2.05, 4.69) is 38.2 Å². The van der Waals surface area contributed by atoms with Gasteiger partial charge in [0.2, 0.25) is 0 Å². The normalized spacial score (nSPS) is 12.3. The lowest BCUT2D eigenvalue weighted by Gasteiger charge is -2.15. The Morgan fingerprint density at radius 2 is 0.870 bits per heavy atom. The number of aliphatic hydroxyl groups excluding tert-OH is 1. The third-order valence-corrected chi connectivity index (χ3v) is 8.75. The maximum atomic E-state index is 12.2. The standard InChI is InChI=1S/C41H76O5/c1-3-5-7-9-11-13-15-17-19-20-22-23-25-27-29-31-33-35-40(43)45-38-39(37-42)46-41(44)36-34-32-30-28-26-24-21-18-16-14-12-10-8-6-4-2/h11,13,17,19,39,42H,3-10,12,14-16,18,20-38H2,1-2H3/b13-11-,19-17-/t39-/m0/s1. The Morgan fingerprint density at radius 3 is 1.33 bits per heavy atom. The summed E-state index contributed by atoms with van der Waals surface area (Å²) in [7, 11) is 0. The molecule has 1 atom stereocenters. The Hall–Kier alpha value is -1.62. The van der Waals surface area contributed by atoms with E-state index in [-0.39, 0.29) is 25.2 Å². The Bertz CT molecular complexity index is 701. The molecule has 0 amide bonds. The minimum Gasteiger partial charge on any atom is -0.462 e. The second-order valence-electron chi connectivity index (χ2n) is 13.4. The van der Waals surface area contributed by atoms with Crippen molar-refractivity contribution in [3.8, 4) is 0 Å². The summed E-state index contributed by atoms with van der Waals surface area (Å²) in [5.74, 6) is -0.592. The number of carbonyl (C=O) groups excluding carboxylic acids is 2. The first kappa shape index (κ1) is 44.4. The van der Waals surface area contributed by atoms with Gasteiger partial charge in [0, 0.05) is 12.8 Å². The van der Waals surface area contributed by atoms with E-state index in [0.29, 0.717) is 12.8 Å². The number of rotatable bonds is 36. The van der Waals surface area contributed by atoms with E-state index in [9.17, 15) is 14.7 Å². The molecule has 0 aliphatic rings. The maximum Gasteiger partial charge on any atom is 0.306 e. The highest BCUT2D eigenvalue weighted by Crippen LogP contribution is 2.15. The van der Waals surface area contributed by atoms with Gasteiger partial charge in [0.25, 0.3) is 0 Å². The molecule has 0 rings (SSSR count). The zero-order chi connectivity index (χ0) is 33.6. The van der Waals surface area contributed by atoms with Gasteiger partial charge < -0.3 is 14.6 Å². The Balaban J connectivity index is 3.54. The molecule has 5 heteroatoms. The average molecular weight is 649 g/mol. The second-order valence-corrected chi connectivity index (χ2v) is 13.4. The highest BCUT2D eigenvalue weighted by molar-refractivity contribution is 5.70. The molecule has 0 heterocycles. The molecule has 0 aliphatic carbocycles. The number of hydrogen-bond acceptors (Lipinski definition) is 5. The smallest absolute Gasteiger partial charge is 0.306 e. The van der Waals surface area contributed by atoms with E-state index < -0.39 is 6.10 Å². The van der Waals surface area contributed by atoms with Crippen molar-refractivity contribution in [3.63, 3.8) is 0 Å². The van der Waals surface area contributed by atoms with Gasteiger partial charge in [-0.3, -0.25) is 9.59 Å². The molecule has 0 aromatic carbocycles. The number of allylic oxidation sites excluding steroid dienone is 4. The summed E-state index contributed by atoms with van der Waals surface area (Å²) in [6.07, 6.45) is 43.7. The topological polar surface area (TPSA) is 72.8 Å². The lowest BCUT2D eigenvalue weighted by atomic mass is 10.0. The Labute approximate surface area is 285 Å². The van der Waals surface area contributed by atoms with E-state index >= 15 is 0 Å². The van der Waals surface area contributed by atoms with Crippen molar-refractivity contribution in [2.45, 2.75) is 213 Å². The lowest BCUT2D eigenvalue weighted by Crippen LogP contribution is -2.28. The number of esters is 2. The molecular weight excluding hydrogens is 572 g/mol. The van der Waals surface area contributed by atoms with Crippen LogP contribution in [-0.2, 0) is 19.1 Å². The first-order valence-electron chi connectivity index (χ1n) is 19.9. The van der Waals surface area contributed by atoms with Crippen molar-refractivity contribution in [1.29, 1.82) is 0 Å². The molecule has 0 radical (unpaired) electrons. The predicted octanol–water partition coefficient (Wildman–Crippen LogP) is 12.3. The third-order valence-electron chi connectivity index (χ3n) is 8.75. The van der Waals surface area contributed by atoms with E-state index in [1.54, 1.807) is 0 Å². The SMILES string of the molecule is CCCCC/C=C\C/C=C\CCCCCCCCCC(=O)OC[C@H](CO)OC(=O)CCCCCCCCCCCCCCCCC.